The van der Waals surface area contributed by atoms with Gasteiger partial charge in [-0.2, -0.15) is 10.2 Å². The second kappa shape index (κ2) is 8.38. The van der Waals surface area contributed by atoms with Gasteiger partial charge in [-0.15, -0.1) is 0 Å². The molecule has 0 atom stereocenters. The molecule has 3 aromatic rings. The predicted octanol–water partition coefficient (Wildman–Crippen LogP) is 5.23. The van der Waals surface area contributed by atoms with Gasteiger partial charge >= 0.3 is 0 Å². The first-order chi connectivity index (χ1) is 16.2. The van der Waals surface area contributed by atoms with Gasteiger partial charge in [0.1, 0.15) is 5.75 Å². The van der Waals surface area contributed by atoms with Crippen LogP contribution in [0.1, 0.15) is 31.2 Å². The molecule has 33 heavy (non-hydrogen) atoms. The number of benzene rings is 2. The standard InChI is InChI=1S/C27H27ClN4O/c1-32-13-12-20(28)15-24-27(32)23-16-29-31-25(26(23)30-24)18-7-9-21(10-8-18)33-22-11-6-17-4-2-3-5-19(17)14-22/h2-6,11-12,14-15,18,21,30H,7-10,13,16H2,1H3. The Morgan fingerprint density at radius 1 is 1.06 bits per heavy atom. The maximum absolute atomic E-state index is 6.37. The lowest BCUT2D eigenvalue weighted by Crippen LogP contribution is -2.28. The number of aromatic nitrogens is 1. The van der Waals surface area contributed by atoms with Crippen LogP contribution < -0.4 is 20.3 Å². The third-order valence-corrected chi connectivity index (χ3v) is 7.34. The highest BCUT2D eigenvalue weighted by molar-refractivity contribution is 6.34. The number of H-pyrrole nitrogens is 1. The van der Waals surface area contributed by atoms with Gasteiger partial charge in [0.2, 0.25) is 0 Å². The minimum atomic E-state index is 0.242. The quantitative estimate of drug-likeness (QED) is 0.584. The molecule has 3 aliphatic rings. The summed E-state index contributed by atoms with van der Waals surface area (Å²) in [5, 5.41) is 14.6. The number of ether oxygens (including phenoxy) is 1. The Bertz CT molecular complexity index is 1400. The Balaban J connectivity index is 1.23. The summed E-state index contributed by atoms with van der Waals surface area (Å²) in [7, 11) is 2.10. The average Bonchev–Trinajstić information content (AvgIpc) is 3.14. The van der Waals surface area contributed by atoms with Crippen LogP contribution >= 0.6 is 11.6 Å². The summed E-state index contributed by atoms with van der Waals surface area (Å²) in [5.41, 5.74) is 3.53. The maximum atomic E-state index is 6.37. The lowest BCUT2D eigenvalue weighted by molar-refractivity contribution is 0.142. The van der Waals surface area contributed by atoms with Crippen LogP contribution in [0, 0.1) is 5.92 Å². The van der Waals surface area contributed by atoms with Crippen molar-refractivity contribution < 1.29 is 4.74 Å². The summed E-state index contributed by atoms with van der Waals surface area (Å²) < 4.78 is 6.37. The zero-order valence-electron chi connectivity index (χ0n) is 18.7. The molecule has 2 aromatic carbocycles. The van der Waals surface area contributed by atoms with E-state index >= 15 is 0 Å². The monoisotopic (exact) mass is 458 g/mol. The minimum Gasteiger partial charge on any atom is -0.490 e. The van der Waals surface area contributed by atoms with E-state index in [2.05, 4.69) is 69.6 Å². The van der Waals surface area contributed by atoms with Crippen LogP contribution in [0.5, 0.6) is 5.75 Å². The number of rotatable bonds is 3. The van der Waals surface area contributed by atoms with Crippen molar-refractivity contribution in [1.29, 1.82) is 0 Å². The van der Waals surface area contributed by atoms with E-state index in [1.165, 1.54) is 22.0 Å². The summed E-state index contributed by atoms with van der Waals surface area (Å²) in [4.78, 5) is 5.87. The Labute approximate surface area is 198 Å². The van der Waals surface area contributed by atoms with E-state index < -0.39 is 0 Å². The zero-order chi connectivity index (χ0) is 22.4. The van der Waals surface area contributed by atoms with Gasteiger partial charge in [-0.3, -0.25) is 0 Å². The van der Waals surface area contributed by atoms with Crippen LogP contribution in [-0.2, 0) is 6.54 Å². The second-order valence-electron chi connectivity index (χ2n) is 9.24. The van der Waals surface area contributed by atoms with E-state index in [-0.39, 0.29) is 6.10 Å². The number of azo groups is 1. The van der Waals surface area contributed by atoms with Gasteiger partial charge in [-0.25, -0.2) is 0 Å². The van der Waals surface area contributed by atoms with Crippen molar-refractivity contribution in [3.05, 3.63) is 69.8 Å². The predicted molar refractivity (Wildman–Crippen MR) is 134 cm³/mol. The van der Waals surface area contributed by atoms with Crippen LogP contribution in [0.2, 0.25) is 0 Å². The molecule has 1 aliphatic carbocycles. The number of fused-ring (bicyclic) bond motifs is 4. The Hall–Kier alpha value is -3.05. The Morgan fingerprint density at radius 3 is 2.73 bits per heavy atom. The van der Waals surface area contributed by atoms with Crippen molar-refractivity contribution in [2.75, 3.05) is 18.5 Å². The molecule has 3 heterocycles. The number of nitrogens with zero attached hydrogens (tertiary/aromatic N) is 3. The highest BCUT2D eigenvalue weighted by atomic mass is 35.5. The number of hydrogen-bond acceptors (Lipinski definition) is 4. The van der Waals surface area contributed by atoms with Gasteiger partial charge in [0.05, 0.1) is 34.7 Å². The van der Waals surface area contributed by atoms with E-state index in [1.54, 1.807) is 0 Å². The van der Waals surface area contributed by atoms with Gasteiger partial charge in [-0.05, 0) is 60.7 Å². The van der Waals surface area contributed by atoms with Crippen molar-refractivity contribution in [2.24, 2.45) is 16.1 Å². The molecule has 1 N–H and O–H groups in total. The van der Waals surface area contributed by atoms with Crippen molar-refractivity contribution in [3.8, 4) is 5.75 Å². The molecular formula is C27H27ClN4O. The molecule has 1 saturated carbocycles. The first-order valence-corrected chi connectivity index (χ1v) is 12.1. The Morgan fingerprint density at radius 2 is 1.88 bits per heavy atom. The largest absolute Gasteiger partial charge is 0.490 e. The van der Waals surface area contributed by atoms with Gasteiger partial charge in [0.25, 0.3) is 0 Å². The second-order valence-corrected chi connectivity index (χ2v) is 9.68. The first kappa shape index (κ1) is 20.5. The molecular weight excluding hydrogens is 432 g/mol. The van der Waals surface area contributed by atoms with Crippen molar-refractivity contribution >= 4 is 39.8 Å². The van der Waals surface area contributed by atoms with Gasteiger partial charge in [0.15, 0.2) is 0 Å². The number of hydrogen-bond donors (Lipinski definition) is 1. The number of nitrogens with one attached hydrogen (secondary N) is 1. The maximum Gasteiger partial charge on any atom is 0.120 e. The van der Waals surface area contributed by atoms with Crippen molar-refractivity contribution in [3.63, 3.8) is 0 Å². The normalized spacial score (nSPS) is 22.3. The van der Waals surface area contributed by atoms with Gasteiger partial charge in [-0.1, -0.05) is 41.9 Å². The minimum absolute atomic E-state index is 0.242. The van der Waals surface area contributed by atoms with Gasteiger partial charge < -0.3 is 14.6 Å². The van der Waals surface area contributed by atoms with Crippen LogP contribution in [0.4, 0.5) is 5.69 Å². The van der Waals surface area contributed by atoms with Crippen molar-refractivity contribution in [2.45, 2.75) is 38.3 Å². The topological polar surface area (TPSA) is 53.0 Å². The molecule has 0 bridgehead atoms. The molecule has 0 radical (unpaired) electrons. The summed E-state index contributed by atoms with van der Waals surface area (Å²) in [6, 6.07) is 14.8. The number of anilines is 1. The number of aromatic amines is 1. The van der Waals surface area contributed by atoms with E-state index in [0.717, 1.165) is 59.4 Å². The summed E-state index contributed by atoms with van der Waals surface area (Å²) in [6.45, 7) is 1.40. The lowest BCUT2D eigenvalue weighted by Gasteiger charge is -2.29. The van der Waals surface area contributed by atoms with E-state index in [0.29, 0.717) is 12.5 Å². The molecule has 168 valence electrons. The molecule has 0 amide bonds. The SMILES string of the molecule is CN1CC=C(Cl)C=c2[nH]c3c(c21)CN=NC=3C1CCC(Oc2ccc3ccccc3c2)CC1. The van der Waals surface area contributed by atoms with Crippen LogP contribution in [0.25, 0.3) is 22.5 Å². The molecule has 0 spiro atoms. The lowest BCUT2D eigenvalue weighted by atomic mass is 9.84. The van der Waals surface area contributed by atoms with E-state index in [1.807, 2.05) is 12.2 Å². The fraction of sp³-hybridized carbons (Fsp3) is 0.333. The smallest absolute Gasteiger partial charge is 0.120 e. The molecule has 0 unspecified atom stereocenters. The average molecular weight is 459 g/mol. The summed E-state index contributed by atoms with van der Waals surface area (Å²) in [5.74, 6) is 1.35. The molecule has 1 aromatic heterocycles. The molecule has 2 aliphatic heterocycles. The zero-order valence-corrected chi connectivity index (χ0v) is 19.5. The fourth-order valence-corrected chi connectivity index (χ4v) is 5.56. The van der Waals surface area contributed by atoms with Crippen LogP contribution in [0.3, 0.4) is 0 Å². The molecule has 6 heteroatoms. The summed E-state index contributed by atoms with van der Waals surface area (Å²) >= 11 is 6.37. The molecule has 6 rings (SSSR count). The van der Waals surface area contributed by atoms with E-state index in [9.17, 15) is 0 Å². The third-order valence-electron chi connectivity index (χ3n) is 7.07. The fourth-order valence-electron chi connectivity index (χ4n) is 5.38. The highest BCUT2D eigenvalue weighted by Crippen LogP contribution is 2.35. The Kier molecular flexibility index (Phi) is 5.22. The van der Waals surface area contributed by atoms with Crippen LogP contribution in [-0.4, -0.2) is 24.7 Å². The molecule has 5 nitrogen and oxygen atoms in total. The van der Waals surface area contributed by atoms with Crippen molar-refractivity contribution in [1.82, 2.24) is 4.98 Å². The van der Waals surface area contributed by atoms with E-state index in [4.69, 9.17) is 16.3 Å². The highest BCUT2D eigenvalue weighted by Gasteiger charge is 2.29. The third kappa shape index (κ3) is 3.84. The first-order valence-electron chi connectivity index (χ1n) is 11.7. The summed E-state index contributed by atoms with van der Waals surface area (Å²) in [6.07, 6.45) is 8.44. The van der Waals surface area contributed by atoms with Crippen LogP contribution in [0.15, 0.2) is 63.8 Å². The number of allylic oxidation sites excluding steroid dienone is 1. The molecule has 0 saturated heterocycles. The molecule has 1 fully saturated rings. The number of likely N-dealkylation sites (N-methyl/N-ethyl adjacent to an activating group) is 1. The number of halogens is 1. The van der Waals surface area contributed by atoms with Gasteiger partial charge in [0, 0.05) is 30.1 Å².